The van der Waals surface area contributed by atoms with Gasteiger partial charge in [0.2, 0.25) is 0 Å². The predicted molar refractivity (Wildman–Crippen MR) is 72.9 cm³/mol. The Bertz CT molecular complexity index is 814. The van der Waals surface area contributed by atoms with E-state index in [2.05, 4.69) is 16.2 Å². The maximum absolute atomic E-state index is 9.01. The van der Waals surface area contributed by atoms with Gasteiger partial charge in [0, 0.05) is 11.8 Å². The molecule has 0 radical (unpaired) electrons. The summed E-state index contributed by atoms with van der Waals surface area (Å²) in [5, 5.41) is 13.7. The number of fused-ring (bicyclic) bond motifs is 1. The summed E-state index contributed by atoms with van der Waals surface area (Å²) in [5.41, 5.74) is 3.86. The topological polar surface area (TPSA) is 54.0 Å². The summed E-state index contributed by atoms with van der Waals surface area (Å²) in [6.45, 7) is 1.91. The van der Waals surface area contributed by atoms with Crippen LogP contribution in [0.3, 0.4) is 0 Å². The van der Waals surface area contributed by atoms with Crippen molar-refractivity contribution in [2.75, 3.05) is 0 Å². The zero-order valence-corrected chi connectivity index (χ0v) is 10.9. The van der Waals surface area contributed by atoms with Crippen LogP contribution in [0.25, 0.3) is 16.8 Å². The second-order valence-electron chi connectivity index (χ2n) is 4.17. The number of rotatable bonds is 1. The predicted octanol–water partition coefficient (Wildman–Crippen LogP) is 3.23. The van der Waals surface area contributed by atoms with E-state index in [0.717, 1.165) is 16.8 Å². The van der Waals surface area contributed by atoms with Crippen molar-refractivity contribution in [2.24, 2.45) is 0 Å². The van der Waals surface area contributed by atoms with Crippen molar-refractivity contribution in [3.8, 4) is 17.3 Å². The van der Waals surface area contributed by atoms with Gasteiger partial charge in [0.25, 0.3) is 0 Å². The molecular weight excluding hydrogens is 260 g/mol. The van der Waals surface area contributed by atoms with Gasteiger partial charge in [-0.25, -0.2) is 9.50 Å². The number of hydrogen-bond acceptors (Lipinski definition) is 3. The van der Waals surface area contributed by atoms with Gasteiger partial charge in [-0.2, -0.15) is 10.4 Å². The molecule has 0 atom stereocenters. The minimum atomic E-state index is 0.309. The minimum absolute atomic E-state index is 0.309. The molecule has 5 heteroatoms. The number of nitriles is 1. The highest BCUT2D eigenvalue weighted by atomic mass is 35.5. The Labute approximate surface area is 114 Å². The van der Waals surface area contributed by atoms with Gasteiger partial charge < -0.3 is 0 Å². The quantitative estimate of drug-likeness (QED) is 0.637. The first-order valence-electron chi connectivity index (χ1n) is 5.71. The van der Waals surface area contributed by atoms with Crippen LogP contribution in [0.4, 0.5) is 0 Å². The van der Waals surface area contributed by atoms with Crippen molar-refractivity contribution in [3.63, 3.8) is 0 Å². The molecule has 0 amide bonds. The fourth-order valence-electron chi connectivity index (χ4n) is 2.12. The number of aromatic nitrogens is 3. The molecule has 3 aromatic rings. The van der Waals surface area contributed by atoms with Gasteiger partial charge in [0.1, 0.15) is 5.15 Å². The van der Waals surface area contributed by atoms with E-state index in [1.807, 2.05) is 31.3 Å². The molecule has 0 spiro atoms. The molecule has 3 rings (SSSR count). The molecule has 0 bridgehead atoms. The molecule has 0 saturated heterocycles. The lowest BCUT2D eigenvalue weighted by molar-refractivity contribution is 0.934. The summed E-state index contributed by atoms with van der Waals surface area (Å²) in [4.78, 5) is 4.30. The SMILES string of the molecule is Cc1nn2ccccc2c1-c1cc(C#N)cc(Cl)n1. The lowest BCUT2D eigenvalue weighted by Crippen LogP contribution is -1.88. The molecule has 0 unspecified atom stereocenters. The van der Waals surface area contributed by atoms with E-state index in [0.29, 0.717) is 16.4 Å². The lowest BCUT2D eigenvalue weighted by Gasteiger charge is -2.02. The van der Waals surface area contributed by atoms with Crippen LogP contribution in [0.15, 0.2) is 36.5 Å². The average Bonchev–Trinajstić information content (AvgIpc) is 2.73. The zero-order valence-electron chi connectivity index (χ0n) is 10.1. The number of aryl methyl sites for hydroxylation is 1. The standard InChI is InChI=1S/C14H9ClN4/c1-9-14(12-4-2-3-5-19(12)18-9)11-6-10(8-16)7-13(15)17-11/h2-7H,1H3. The van der Waals surface area contributed by atoms with Crippen LogP contribution in [-0.2, 0) is 0 Å². The first kappa shape index (κ1) is 11.7. The van der Waals surface area contributed by atoms with E-state index in [-0.39, 0.29) is 0 Å². The molecule has 3 heterocycles. The highest BCUT2D eigenvalue weighted by molar-refractivity contribution is 6.29. The summed E-state index contributed by atoms with van der Waals surface area (Å²) >= 11 is 5.96. The molecule has 4 nitrogen and oxygen atoms in total. The molecule has 92 valence electrons. The molecule has 0 saturated carbocycles. The van der Waals surface area contributed by atoms with E-state index < -0.39 is 0 Å². The number of pyridine rings is 2. The average molecular weight is 269 g/mol. The molecule has 19 heavy (non-hydrogen) atoms. The van der Waals surface area contributed by atoms with Crippen LogP contribution in [0, 0.1) is 18.3 Å². The van der Waals surface area contributed by atoms with E-state index in [4.69, 9.17) is 16.9 Å². The summed E-state index contributed by atoms with van der Waals surface area (Å²) in [7, 11) is 0. The van der Waals surface area contributed by atoms with Crippen LogP contribution < -0.4 is 0 Å². The number of hydrogen-bond donors (Lipinski definition) is 0. The molecule has 0 fully saturated rings. The second kappa shape index (κ2) is 4.38. The van der Waals surface area contributed by atoms with Gasteiger partial charge in [0.05, 0.1) is 28.5 Å². The maximum Gasteiger partial charge on any atom is 0.131 e. The molecule has 0 aromatic carbocycles. The lowest BCUT2D eigenvalue weighted by atomic mass is 10.1. The maximum atomic E-state index is 9.01. The first-order valence-corrected chi connectivity index (χ1v) is 6.09. The van der Waals surface area contributed by atoms with E-state index in [1.54, 1.807) is 16.6 Å². The van der Waals surface area contributed by atoms with Crippen molar-refractivity contribution < 1.29 is 0 Å². The molecule has 0 N–H and O–H groups in total. The molecule has 0 aliphatic heterocycles. The van der Waals surface area contributed by atoms with Gasteiger partial charge in [-0.1, -0.05) is 17.7 Å². The largest absolute Gasteiger partial charge is 0.240 e. The minimum Gasteiger partial charge on any atom is -0.240 e. The van der Waals surface area contributed by atoms with Crippen molar-refractivity contribution in [1.29, 1.82) is 5.26 Å². The van der Waals surface area contributed by atoms with Gasteiger partial charge >= 0.3 is 0 Å². The van der Waals surface area contributed by atoms with Crippen LogP contribution in [-0.4, -0.2) is 14.6 Å². The zero-order chi connectivity index (χ0) is 13.4. The summed E-state index contributed by atoms with van der Waals surface area (Å²) in [5.74, 6) is 0. The fraction of sp³-hybridized carbons (Fsp3) is 0.0714. The van der Waals surface area contributed by atoms with Crippen LogP contribution >= 0.6 is 11.6 Å². The van der Waals surface area contributed by atoms with E-state index in [9.17, 15) is 0 Å². The van der Waals surface area contributed by atoms with Crippen molar-refractivity contribution in [2.45, 2.75) is 6.92 Å². The number of nitrogens with zero attached hydrogens (tertiary/aromatic N) is 4. The summed E-state index contributed by atoms with van der Waals surface area (Å²) in [6.07, 6.45) is 1.88. The Morgan fingerprint density at radius 1 is 1.32 bits per heavy atom. The Morgan fingerprint density at radius 3 is 2.95 bits per heavy atom. The third-order valence-electron chi connectivity index (χ3n) is 2.89. The van der Waals surface area contributed by atoms with Crippen LogP contribution in [0.2, 0.25) is 5.15 Å². The normalized spacial score (nSPS) is 10.6. The third-order valence-corrected chi connectivity index (χ3v) is 3.09. The Balaban J connectivity index is 2.33. The van der Waals surface area contributed by atoms with Crippen molar-refractivity contribution >= 4 is 17.1 Å². The highest BCUT2D eigenvalue weighted by Gasteiger charge is 2.13. The van der Waals surface area contributed by atoms with Crippen molar-refractivity contribution in [1.82, 2.24) is 14.6 Å². The van der Waals surface area contributed by atoms with Gasteiger partial charge in [-0.05, 0) is 31.2 Å². The molecule has 0 aliphatic rings. The number of halogens is 1. The Hall–Kier alpha value is -2.38. The molecule has 0 aliphatic carbocycles. The van der Waals surface area contributed by atoms with Crippen LogP contribution in [0.5, 0.6) is 0 Å². The smallest absolute Gasteiger partial charge is 0.131 e. The van der Waals surface area contributed by atoms with Gasteiger partial charge in [-0.15, -0.1) is 0 Å². The third kappa shape index (κ3) is 1.94. The Kier molecular flexibility index (Phi) is 2.69. The second-order valence-corrected chi connectivity index (χ2v) is 4.55. The first-order chi connectivity index (χ1) is 9.19. The van der Waals surface area contributed by atoms with E-state index in [1.165, 1.54) is 0 Å². The van der Waals surface area contributed by atoms with Gasteiger partial charge in [0.15, 0.2) is 0 Å². The van der Waals surface area contributed by atoms with Crippen molar-refractivity contribution in [3.05, 3.63) is 52.9 Å². The van der Waals surface area contributed by atoms with E-state index >= 15 is 0 Å². The Morgan fingerprint density at radius 2 is 2.16 bits per heavy atom. The molecular formula is C14H9ClN4. The van der Waals surface area contributed by atoms with Gasteiger partial charge in [-0.3, -0.25) is 0 Å². The van der Waals surface area contributed by atoms with Crippen LogP contribution in [0.1, 0.15) is 11.3 Å². The summed E-state index contributed by atoms with van der Waals surface area (Å²) < 4.78 is 1.79. The highest BCUT2D eigenvalue weighted by Crippen LogP contribution is 2.28. The fourth-order valence-corrected chi connectivity index (χ4v) is 2.33. The molecule has 3 aromatic heterocycles. The summed E-state index contributed by atoms with van der Waals surface area (Å²) in [6, 6.07) is 11.2. The monoisotopic (exact) mass is 268 g/mol.